The van der Waals surface area contributed by atoms with E-state index in [1.807, 2.05) is 0 Å². The first-order valence-electron chi connectivity index (χ1n) is 8.62. The Kier molecular flexibility index (Phi) is 13.8. The number of hydrogen-bond acceptors (Lipinski definition) is 3. The monoisotopic (exact) mass is 287 g/mol. The molecule has 0 aromatic heterocycles. The first-order chi connectivity index (χ1) is 9.57. The Morgan fingerprint density at radius 2 is 1.15 bits per heavy atom. The summed E-state index contributed by atoms with van der Waals surface area (Å²) in [7, 11) is 0. The van der Waals surface area contributed by atoms with Gasteiger partial charge in [-0.15, -0.1) is 0 Å². The number of rotatable bonds is 14. The fourth-order valence-corrected chi connectivity index (χ4v) is 2.48. The van der Waals surface area contributed by atoms with Crippen molar-refractivity contribution >= 4 is 0 Å². The molecule has 0 unspecified atom stereocenters. The zero-order chi connectivity index (χ0) is 15.2. The molecule has 0 fully saturated rings. The Hall–Kier alpha value is -0.120. The van der Waals surface area contributed by atoms with Crippen LogP contribution in [0.4, 0.5) is 0 Å². The van der Waals surface area contributed by atoms with Crippen molar-refractivity contribution in [2.45, 2.75) is 96.6 Å². The summed E-state index contributed by atoms with van der Waals surface area (Å²) in [5.74, 6) is 0.851. The van der Waals surface area contributed by atoms with Gasteiger partial charge in [0.2, 0.25) is 0 Å². The van der Waals surface area contributed by atoms with Crippen LogP contribution in [0.2, 0.25) is 0 Å². The van der Waals surface area contributed by atoms with E-state index in [9.17, 15) is 5.11 Å². The third-order valence-corrected chi connectivity index (χ3v) is 3.99. The van der Waals surface area contributed by atoms with Gasteiger partial charge in [0.05, 0.1) is 18.8 Å². The molecule has 0 bridgehead atoms. The van der Waals surface area contributed by atoms with Crippen molar-refractivity contribution < 1.29 is 10.2 Å². The molecular weight excluding hydrogens is 250 g/mol. The molecule has 0 saturated carbocycles. The predicted molar refractivity (Wildman–Crippen MR) is 86.7 cm³/mol. The van der Waals surface area contributed by atoms with Crippen LogP contribution in [0.5, 0.6) is 0 Å². The molecule has 0 aliphatic rings. The molecule has 0 spiro atoms. The standard InChI is InChI=1S/C17H37NO2/c1-15(2)12-10-8-6-4-3-5-7-9-11-13-17(20)16(18)14-19/h15-17,19-20H,3-14,18H2,1-2H3/t16-,17-/m1/s1. The number of nitrogens with two attached hydrogens (primary N) is 1. The summed E-state index contributed by atoms with van der Waals surface area (Å²) in [5, 5.41) is 18.4. The first kappa shape index (κ1) is 19.9. The second-order valence-electron chi connectivity index (χ2n) is 6.57. The average Bonchev–Trinajstić information content (AvgIpc) is 2.43. The largest absolute Gasteiger partial charge is 0.395 e. The van der Waals surface area contributed by atoms with Crippen molar-refractivity contribution in [1.82, 2.24) is 0 Å². The maximum absolute atomic E-state index is 9.59. The van der Waals surface area contributed by atoms with E-state index in [4.69, 9.17) is 10.8 Å². The number of hydrogen-bond donors (Lipinski definition) is 3. The van der Waals surface area contributed by atoms with Gasteiger partial charge in [0, 0.05) is 0 Å². The van der Waals surface area contributed by atoms with Crippen molar-refractivity contribution in [1.29, 1.82) is 0 Å². The maximum atomic E-state index is 9.59. The van der Waals surface area contributed by atoms with E-state index >= 15 is 0 Å². The van der Waals surface area contributed by atoms with Crippen LogP contribution in [-0.4, -0.2) is 29.0 Å². The Morgan fingerprint density at radius 1 is 0.750 bits per heavy atom. The SMILES string of the molecule is CC(C)CCCCCCCCCCC[C@@H](O)[C@H](N)CO. The number of aliphatic hydroxyl groups excluding tert-OH is 2. The molecule has 0 aromatic carbocycles. The van der Waals surface area contributed by atoms with Crippen LogP contribution in [0.3, 0.4) is 0 Å². The summed E-state index contributed by atoms with van der Waals surface area (Å²) in [5.41, 5.74) is 5.56. The molecule has 3 heteroatoms. The van der Waals surface area contributed by atoms with E-state index in [0.717, 1.165) is 18.8 Å². The molecule has 0 radical (unpaired) electrons. The fourth-order valence-electron chi connectivity index (χ4n) is 2.48. The van der Waals surface area contributed by atoms with Crippen LogP contribution in [0, 0.1) is 5.92 Å². The van der Waals surface area contributed by atoms with Gasteiger partial charge in [-0.3, -0.25) is 0 Å². The van der Waals surface area contributed by atoms with Gasteiger partial charge in [-0.1, -0.05) is 78.1 Å². The molecule has 0 aliphatic carbocycles. The lowest BCUT2D eigenvalue weighted by Gasteiger charge is -2.15. The van der Waals surface area contributed by atoms with Crippen LogP contribution in [0.15, 0.2) is 0 Å². The van der Waals surface area contributed by atoms with Crippen molar-refractivity contribution in [3.8, 4) is 0 Å². The van der Waals surface area contributed by atoms with Crippen LogP contribution < -0.4 is 5.73 Å². The first-order valence-corrected chi connectivity index (χ1v) is 8.62. The van der Waals surface area contributed by atoms with Crippen molar-refractivity contribution in [2.24, 2.45) is 11.7 Å². The molecule has 2 atom stereocenters. The Bertz CT molecular complexity index is 197. The van der Waals surface area contributed by atoms with Crippen molar-refractivity contribution in [2.75, 3.05) is 6.61 Å². The summed E-state index contributed by atoms with van der Waals surface area (Å²) in [6.07, 6.45) is 13.2. The predicted octanol–water partition coefficient (Wildman–Crippen LogP) is 3.61. The molecule has 4 N–H and O–H groups in total. The molecule has 0 saturated heterocycles. The molecule has 0 amide bonds. The quantitative estimate of drug-likeness (QED) is 0.428. The highest BCUT2D eigenvalue weighted by Crippen LogP contribution is 2.14. The molecule has 0 aromatic rings. The van der Waals surface area contributed by atoms with Crippen molar-refractivity contribution in [3.05, 3.63) is 0 Å². The van der Waals surface area contributed by atoms with E-state index in [0.29, 0.717) is 0 Å². The summed E-state index contributed by atoms with van der Waals surface area (Å²) < 4.78 is 0. The van der Waals surface area contributed by atoms with Gasteiger partial charge in [-0.05, 0) is 12.3 Å². The average molecular weight is 287 g/mol. The van der Waals surface area contributed by atoms with E-state index in [1.165, 1.54) is 57.8 Å². The summed E-state index contributed by atoms with van der Waals surface area (Å²) in [6, 6.07) is -0.471. The normalized spacial score (nSPS) is 14.7. The zero-order valence-electron chi connectivity index (χ0n) is 13.7. The minimum absolute atomic E-state index is 0.127. The molecule has 20 heavy (non-hydrogen) atoms. The van der Waals surface area contributed by atoms with Gasteiger partial charge in [0.25, 0.3) is 0 Å². The van der Waals surface area contributed by atoms with E-state index in [-0.39, 0.29) is 6.61 Å². The number of aliphatic hydroxyl groups is 2. The lowest BCUT2D eigenvalue weighted by Crippen LogP contribution is -2.37. The van der Waals surface area contributed by atoms with Gasteiger partial charge in [0.15, 0.2) is 0 Å². The van der Waals surface area contributed by atoms with Crippen LogP contribution in [-0.2, 0) is 0 Å². The lowest BCUT2D eigenvalue weighted by molar-refractivity contribution is 0.0990. The third-order valence-electron chi connectivity index (χ3n) is 3.99. The van der Waals surface area contributed by atoms with E-state index in [2.05, 4.69) is 13.8 Å². The fraction of sp³-hybridized carbons (Fsp3) is 1.00. The van der Waals surface area contributed by atoms with Crippen molar-refractivity contribution in [3.63, 3.8) is 0 Å². The second kappa shape index (κ2) is 13.8. The van der Waals surface area contributed by atoms with Gasteiger partial charge in [0.1, 0.15) is 0 Å². The highest BCUT2D eigenvalue weighted by molar-refractivity contribution is 4.70. The van der Waals surface area contributed by atoms with Gasteiger partial charge in [-0.25, -0.2) is 0 Å². The van der Waals surface area contributed by atoms with E-state index in [1.54, 1.807) is 0 Å². The number of unbranched alkanes of at least 4 members (excludes halogenated alkanes) is 8. The van der Waals surface area contributed by atoms with E-state index < -0.39 is 12.1 Å². The molecule has 0 heterocycles. The van der Waals surface area contributed by atoms with Crippen LogP contribution in [0.1, 0.15) is 84.5 Å². The maximum Gasteiger partial charge on any atom is 0.0713 e. The topological polar surface area (TPSA) is 66.5 Å². The Balaban J connectivity index is 3.13. The molecular formula is C17H37NO2. The summed E-state index contributed by atoms with van der Waals surface area (Å²) >= 11 is 0. The van der Waals surface area contributed by atoms with Gasteiger partial charge in [-0.2, -0.15) is 0 Å². The molecule has 0 rings (SSSR count). The van der Waals surface area contributed by atoms with Crippen LogP contribution in [0.25, 0.3) is 0 Å². The lowest BCUT2D eigenvalue weighted by atomic mass is 10.0. The van der Waals surface area contributed by atoms with Gasteiger partial charge >= 0.3 is 0 Å². The zero-order valence-corrected chi connectivity index (χ0v) is 13.7. The summed E-state index contributed by atoms with van der Waals surface area (Å²) in [6.45, 7) is 4.46. The molecule has 0 aliphatic heterocycles. The molecule has 3 nitrogen and oxygen atoms in total. The minimum Gasteiger partial charge on any atom is -0.395 e. The van der Waals surface area contributed by atoms with Crippen LogP contribution >= 0.6 is 0 Å². The highest BCUT2D eigenvalue weighted by atomic mass is 16.3. The Labute approximate surface area is 126 Å². The Morgan fingerprint density at radius 3 is 1.55 bits per heavy atom. The summed E-state index contributed by atoms with van der Waals surface area (Å²) in [4.78, 5) is 0. The minimum atomic E-state index is -0.541. The molecule has 122 valence electrons. The second-order valence-corrected chi connectivity index (χ2v) is 6.57. The smallest absolute Gasteiger partial charge is 0.0713 e. The van der Waals surface area contributed by atoms with Gasteiger partial charge < -0.3 is 15.9 Å². The third kappa shape index (κ3) is 12.9. The highest BCUT2D eigenvalue weighted by Gasteiger charge is 2.12.